The molecule has 0 N–H and O–H groups in total. The highest BCUT2D eigenvalue weighted by atomic mass is 32.1. The molecular formula is C17H20F2N4O4S. The third kappa shape index (κ3) is 3.79. The number of methoxy groups -OCH3 is 1. The van der Waals surface area contributed by atoms with Gasteiger partial charge in [0.05, 0.1) is 39.1 Å². The van der Waals surface area contributed by atoms with Gasteiger partial charge in [-0.3, -0.25) is 9.69 Å². The van der Waals surface area contributed by atoms with Crippen molar-refractivity contribution < 1.29 is 27.8 Å². The summed E-state index contributed by atoms with van der Waals surface area (Å²) >= 11 is 5.00. The molecule has 2 heterocycles. The van der Waals surface area contributed by atoms with Crippen LogP contribution in [-0.4, -0.2) is 80.6 Å². The van der Waals surface area contributed by atoms with E-state index in [2.05, 4.69) is 0 Å². The van der Waals surface area contributed by atoms with Gasteiger partial charge in [-0.25, -0.2) is 13.6 Å². The van der Waals surface area contributed by atoms with E-state index in [-0.39, 0.29) is 48.8 Å². The Balaban J connectivity index is 1.76. The molecule has 152 valence electrons. The molecule has 0 aliphatic carbocycles. The summed E-state index contributed by atoms with van der Waals surface area (Å²) in [5.41, 5.74) is -0.252. The lowest BCUT2D eigenvalue weighted by Crippen LogP contribution is -2.36. The van der Waals surface area contributed by atoms with E-state index in [0.717, 1.165) is 17.0 Å². The lowest BCUT2D eigenvalue weighted by molar-refractivity contribution is -0.125. The smallest absolute Gasteiger partial charge is 0.414 e. The number of cyclic esters (lactones) is 1. The van der Waals surface area contributed by atoms with Gasteiger partial charge < -0.3 is 24.2 Å². The maximum absolute atomic E-state index is 14.6. The lowest BCUT2D eigenvalue weighted by atomic mass is 10.2. The molecule has 2 aliphatic heterocycles. The standard InChI is InChI=1S/C17H20F2N4O4S/c1-20(17(28)26-3)6-11-7-23(16(25)27-11)10-4-12(18)15(13(19)5-10)22-8-14(24)21(2)9-22/h4-5,11H,6-9H2,1-3H3/t11-/m1/s1. The number of ether oxygens (including phenoxy) is 2. The Morgan fingerprint density at radius 1 is 1.36 bits per heavy atom. The van der Waals surface area contributed by atoms with E-state index in [1.54, 1.807) is 19.0 Å². The Hall–Kier alpha value is -2.69. The fraction of sp³-hybridized carbons (Fsp3) is 0.471. The summed E-state index contributed by atoms with van der Waals surface area (Å²) in [6, 6.07) is 2.13. The topological polar surface area (TPSA) is 65.6 Å². The highest BCUT2D eigenvalue weighted by Crippen LogP contribution is 2.32. The van der Waals surface area contributed by atoms with Crippen LogP contribution in [0.25, 0.3) is 0 Å². The number of carbonyl (C=O) groups is 2. The molecule has 1 atom stereocenters. The molecule has 0 radical (unpaired) electrons. The molecule has 8 nitrogen and oxygen atoms in total. The van der Waals surface area contributed by atoms with Gasteiger partial charge >= 0.3 is 6.09 Å². The summed E-state index contributed by atoms with van der Waals surface area (Å²) in [5, 5.41) is 0.237. The van der Waals surface area contributed by atoms with Crippen LogP contribution in [0.2, 0.25) is 0 Å². The van der Waals surface area contributed by atoms with Crippen molar-refractivity contribution in [2.45, 2.75) is 6.10 Å². The van der Waals surface area contributed by atoms with Crippen molar-refractivity contribution in [3.05, 3.63) is 23.8 Å². The third-order valence-corrected chi connectivity index (χ3v) is 5.08. The van der Waals surface area contributed by atoms with Crippen molar-refractivity contribution in [3.63, 3.8) is 0 Å². The minimum Gasteiger partial charge on any atom is -0.474 e. The normalized spacial score (nSPS) is 19.3. The fourth-order valence-electron chi connectivity index (χ4n) is 3.19. The molecule has 28 heavy (non-hydrogen) atoms. The van der Waals surface area contributed by atoms with E-state index >= 15 is 0 Å². The van der Waals surface area contributed by atoms with Crippen LogP contribution >= 0.6 is 12.2 Å². The van der Waals surface area contributed by atoms with Gasteiger partial charge in [-0.05, 0) is 12.2 Å². The molecule has 0 spiro atoms. The number of carbonyl (C=O) groups excluding carboxylic acids is 2. The number of halogens is 2. The summed E-state index contributed by atoms with van der Waals surface area (Å²) in [5.74, 6) is -1.94. The van der Waals surface area contributed by atoms with Gasteiger partial charge in [-0.15, -0.1) is 0 Å². The van der Waals surface area contributed by atoms with Crippen LogP contribution in [0.5, 0.6) is 0 Å². The number of nitrogens with zero attached hydrogens (tertiary/aromatic N) is 4. The summed E-state index contributed by atoms with van der Waals surface area (Å²) in [4.78, 5) is 29.2. The number of anilines is 2. The van der Waals surface area contributed by atoms with E-state index < -0.39 is 23.8 Å². The van der Waals surface area contributed by atoms with Crippen molar-refractivity contribution in [2.24, 2.45) is 0 Å². The van der Waals surface area contributed by atoms with Crippen molar-refractivity contribution >= 4 is 40.8 Å². The molecule has 3 rings (SSSR count). The first-order valence-corrected chi connectivity index (χ1v) is 8.87. The van der Waals surface area contributed by atoms with E-state index in [4.69, 9.17) is 21.7 Å². The molecule has 11 heteroatoms. The maximum Gasteiger partial charge on any atom is 0.414 e. The minimum atomic E-state index is -0.855. The monoisotopic (exact) mass is 414 g/mol. The summed E-state index contributed by atoms with van der Waals surface area (Å²) in [7, 11) is 4.68. The van der Waals surface area contributed by atoms with Crippen molar-refractivity contribution in [2.75, 3.05) is 57.3 Å². The lowest BCUT2D eigenvalue weighted by Gasteiger charge is -2.22. The third-order valence-electron chi connectivity index (χ3n) is 4.60. The van der Waals surface area contributed by atoms with E-state index in [0.29, 0.717) is 0 Å². The number of hydrogen-bond acceptors (Lipinski definition) is 6. The van der Waals surface area contributed by atoms with Crippen LogP contribution < -0.4 is 9.80 Å². The van der Waals surface area contributed by atoms with Gasteiger partial charge in [-0.1, -0.05) is 0 Å². The molecule has 0 aromatic heterocycles. The quantitative estimate of drug-likeness (QED) is 0.690. The predicted octanol–water partition coefficient (Wildman–Crippen LogP) is 1.39. The van der Waals surface area contributed by atoms with Gasteiger partial charge in [-0.2, -0.15) is 0 Å². The zero-order valence-corrected chi connectivity index (χ0v) is 16.5. The van der Waals surface area contributed by atoms with Crippen LogP contribution in [0.15, 0.2) is 12.1 Å². The number of amides is 2. The Bertz CT molecular complexity index is 801. The van der Waals surface area contributed by atoms with Crippen LogP contribution in [0.1, 0.15) is 0 Å². The van der Waals surface area contributed by atoms with E-state index in [1.807, 2.05) is 0 Å². The molecule has 2 saturated heterocycles. The molecule has 2 fully saturated rings. The zero-order chi connectivity index (χ0) is 20.6. The Morgan fingerprint density at radius 2 is 2.00 bits per heavy atom. The first-order valence-electron chi connectivity index (χ1n) is 8.46. The Labute approximate surface area is 166 Å². The second-order valence-corrected chi connectivity index (χ2v) is 7.01. The fourth-order valence-corrected chi connectivity index (χ4v) is 3.27. The molecule has 0 bridgehead atoms. The van der Waals surface area contributed by atoms with Gasteiger partial charge in [0.1, 0.15) is 11.8 Å². The summed E-state index contributed by atoms with van der Waals surface area (Å²) in [6.45, 7) is 0.369. The Morgan fingerprint density at radius 3 is 2.54 bits per heavy atom. The second-order valence-electron chi connectivity index (χ2n) is 6.66. The number of likely N-dealkylation sites (N-methyl/N-ethyl adjacent to an activating group) is 2. The van der Waals surface area contributed by atoms with Gasteiger partial charge in [0.2, 0.25) is 5.91 Å². The van der Waals surface area contributed by atoms with Crippen LogP contribution in [0.3, 0.4) is 0 Å². The molecule has 1 aromatic carbocycles. The molecule has 1 aromatic rings. The SMILES string of the molecule is COC(=S)N(C)C[C@@H]1CN(c2cc(F)c(N3CC(=O)N(C)C3)c(F)c2)C(=O)O1. The highest BCUT2D eigenvalue weighted by Gasteiger charge is 2.35. The summed E-state index contributed by atoms with van der Waals surface area (Å²) in [6.07, 6.45) is -1.24. The van der Waals surface area contributed by atoms with E-state index in [9.17, 15) is 18.4 Å². The summed E-state index contributed by atoms with van der Waals surface area (Å²) < 4.78 is 39.4. The van der Waals surface area contributed by atoms with Gasteiger partial charge in [0.15, 0.2) is 11.6 Å². The van der Waals surface area contributed by atoms with Crippen LogP contribution in [0.4, 0.5) is 25.0 Å². The molecule has 0 unspecified atom stereocenters. The van der Waals surface area contributed by atoms with Crippen LogP contribution in [-0.2, 0) is 14.3 Å². The first-order chi connectivity index (χ1) is 13.2. The largest absolute Gasteiger partial charge is 0.474 e. The van der Waals surface area contributed by atoms with Gasteiger partial charge in [0.25, 0.3) is 5.17 Å². The predicted molar refractivity (Wildman–Crippen MR) is 101 cm³/mol. The highest BCUT2D eigenvalue weighted by molar-refractivity contribution is 7.80. The molecule has 2 aliphatic rings. The number of benzene rings is 1. The second kappa shape index (κ2) is 7.74. The van der Waals surface area contributed by atoms with Gasteiger partial charge in [0, 0.05) is 26.2 Å². The number of thiocarbonyl (C=S) groups is 1. The molecule has 2 amide bonds. The minimum absolute atomic E-state index is 0.0436. The van der Waals surface area contributed by atoms with Crippen molar-refractivity contribution in [1.82, 2.24) is 9.80 Å². The number of rotatable bonds is 4. The van der Waals surface area contributed by atoms with Crippen LogP contribution in [0, 0.1) is 11.6 Å². The zero-order valence-electron chi connectivity index (χ0n) is 15.6. The van der Waals surface area contributed by atoms with Crippen molar-refractivity contribution in [3.8, 4) is 0 Å². The number of hydrogen-bond donors (Lipinski definition) is 0. The maximum atomic E-state index is 14.6. The molecule has 0 saturated carbocycles. The Kier molecular flexibility index (Phi) is 5.54. The molecular weight excluding hydrogens is 394 g/mol. The van der Waals surface area contributed by atoms with E-state index in [1.165, 1.54) is 16.9 Å². The average molecular weight is 414 g/mol. The van der Waals surface area contributed by atoms with Crippen molar-refractivity contribution in [1.29, 1.82) is 0 Å². The first kappa shape index (κ1) is 20.1. The average Bonchev–Trinajstić information content (AvgIpc) is 3.15.